The Bertz CT molecular complexity index is 1190. The Morgan fingerprint density at radius 1 is 1.03 bits per heavy atom. The maximum absolute atomic E-state index is 13.4. The summed E-state index contributed by atoms with van der Waals surface area (Å²) in [6.07, 6.45) is 2.44. The van der Waals surface area contributed by atoms with Crippen LogP contribution in [0.5, 0.6) is 5.75 Å². The van der Waals surface area contributed by atoms with Gasteiger partial charge in [0, 0.05) is 70.0 Å². The summed E-state index contributed by atoms with van der Waals surface area (Å²) in [5.74, 6) is 0.355. The van der Waals surface area contributed by atoms with Crippen molar-refractivity contribution in [3.8, 4) is 5.75 Å². The molecule has 0 saturated carbocycles. The number of hydrogen-bond acceptors (Lipinski definition) is 5. The van der Waals surface area contributed by atoms with Gasteiger partial charge in [0.15, 0.2) is 0 Å². The largest absolute Gasteiger partial charge is 0.491 e. The summed E-state index contributed by atoms with van der Waals surface area (Å²) >= 11 is 0. The lowest BCUT2D eigenvalue weighted by atomic mass is 9.96. The van der Waals surface area contributed by atoms with Gasteiger partial charge in [0.2, 0.25) is 5.91 Å². The number of ether oxygens (including phenoxy) is 2. The first-order chi connectivity index (χ1) is 17.4. The van der Waals surface area contributed by atoms with Gasteiger partial charge in [0.1, 0.15) is 23.8 Å². The van der Waals surface area contributed by atoms with E-state index < -0.39 is 5.60 Å². The van der Waals surface area contributed by atoms with Crippen LogP contribution in [0.2, 0.25) is 0 Å². The zero-order valence-corrected chi connectivity index (χ0v) is 21.2. The second kappa shape index (κ2) is 10.6. The van der Waals surface area contributed by atoms with Gasteiger partial charge >= 0.3 is 0 Å². The number of aryl methyl sites for hydroxylation is 1. The van der Waals surface area contributed by atoms with Crippen LogP contribution in [0, 0.1) is 5.82 Å². The van der Waals surface area contributed by atoms with Crippen molar-refractivity contribution in [1.29, 1.82) is 0 Å². The number of para-hydroxylation sites is 1. The fourth-order valence-corrected chi connectivity index (χ4v) is 5.29. The topological polar surface area (TPSA) is 50.2 Å². The van der Waals surface area contributed by atoms with Crippen molar-refractivity contribution >= 4 is 16.8 Å². The molecule has 1 atom stereocenters. The second-order valence-corrected chi connectivity index (χ2v) is 10.1. The fourth-order valence-electron chi connectivity index (χ4n) is 5.29. The first-order valence-corrected chi connectivity index (χ1v) is 12.6. The molecule has 1 amide bonds. The van der Waals surface area contributed by atoms with Gasteiger partial charge in [0.05, 0.1) is 13.0 Å². The van der Waals surface area contributed by atoms with E-state index in [0.29, 0.717) is 18.9 Å². The minimum atomic E-state index is -0.780. The number of halogens is 1. The molecule has 0 spiro atoms. The molecule has 0 bridgehead atoms. The second-order valence-electron chi connectivity index (χ2n) is 10.1. The molecule has 192 valence electrons. The van der Waals surface area contributed by atoms with Gasteiger partial charge in [-0.05, 0) is 42.9 Å². The molecule has 3 heterocycles. The number of carbonyl (C=O) groups is 1. The van der Waals surface area contributed by atoms with E-state index in [0.717, 1.165) is 39.3 Å². The third-order valence-electron chi connectivity index (χ3n) is 7.35. The van der Waals surface area contributed by atoms with E-state index in [9.17, 15) is 9.18 Å². The highest BCUT2D eigenvalue weighted by Gasteiger charge is 2.41. The van der Waals surface area contributed by atoms with Crippen LogP contribution in [0.3, 0.4) is 0 Å². The average molecular weight is 495 g/mol. The number of hydrogen-bond donors (Lipinski definition) is 0. The summed E-state index contributed by atoms with van der Waals surface area (Å²) < 4.78 is 28.0. The van der Waals surface area contributed by atoms with Gasteiger partial charge < -0.3 is 23.8 Å². The molecule has 2 aliphatic heterocycles. The van der Waals surface area contributed by atoms with Gasteiger partial charge in [-0.25, -0.2) is 4.39 Å². The van der Waals surface area contributed by atoms with Gasteiger partial charge in [0.25, 0.3) is 0 Å². The van der Waals surface area contributed by atoms with E-state index in [1.807, 2.05) is 4.90 Å². The minimum Gasteiger partial charge on any atom is -0.491 e. The van der Waals surface area contributed by atoms with Crippen LogP contribution < -0.4 is 4.74 Å². The molecule has 7 nitrogen and oxygen atoms in total. The lowest BCUT2D eigenvalue weighted by molar-refractivity contribution is -0.157. The number of morpholine rings is 1. The van der Waals surface area contributed by atoms with Crippen LogP contribution in [0.4, 0.5) is 4.39 Å². The highest BCUT2D eigenvalue weighted by molar-refractivity contribution is 5.83. The van der Waals surface area contributed by atoms with E-state index >= 15 is 0 Å². The highest BCUT2D eigenvalue weighted by atomic mass is 19.1. The summed E-state index contributed by atoms with van der Waals surface area (Å²) in [5.41, 5.74) is 1.68. The van der Waals surface area contributed by atoms with Gasteiger partial charge in [-0.2, -0.15) is 0 Å². The molecule has 1 aromatic heterocycles. The van der Waals surface area contributed by atoms with E-state index in [2.05, 4.69) is 58.9 Å². The SMILES string of the molecule is CN1CCN(C(=O)C[C@@]2(COc3ccc(F)cc3)CN(Cc3cn(C)c4ccccc34)CCO2)CC1. The number of likely N-dealkylation sites (N-methyl/N-ethyl adjacent to an activating group) is 1. The molecule has 0 N–H and O–H groups in total. The first kappa shape index (κ1) is 24.7. The molecule has 2 fully saturated rings. The maximum Gasteiger partial charge on any atom is 0.225 e. The summed E-state index contributed by atoms with van der Waals surface area (Å²) in [6, 6.07) is 14.4. The lowest BCUT2D eigenvalue weighted by Gasteiger charge is -2.43. The zero-order chi connectivity index (χ0) is 25.1. The Morgan fingerprint density at radius 3 is 2.56 bits per heavy atom. The quantitative estimate of drug-likeness (QED) is 0.505. The predicted octanol–water partition coefficient (Wildman–Crippen LogP) is 3.13. The Morgan fingerprint density at radius 2 is 1.78 bits per heavy atom. The highest BCUT2D eigenvalue weighted by Crippen LogP contribution is 2.28. The molecule has 8 heteroatoms. The number of piperazine rings is 1. The lowest BCUT2D eigenvalue weighted by Crippen LogP contribution is -2.58. The number of fused-ring (bicyclic) bond motifs is 1. The van der Waals surface area contributed by atoms with Crippen molar-refractivity contribution in [2.75, 3.05) is 59.5 Å². The Labute approximate surface area is 212 Å². The number of benzene rings is 2. The molecule has 0 aliphatic carbocycles. The number of rotatable bonds is 7. The third-order valence-corrected chi connectivity index (χ3v) is 7.35. The van der Waals surface area contributed by atoms with Crippen LogP contribution >= 0.6 is 0 Å². The molecule has 2 aliphatic rings. The molecular weight excluding hydrogens is 459 g/mol. The smallest absolute Gasteiger partial charge is 0.225 e. The van der Waals surface area contributed by atoms with Crippen LogP contribution in [0.15, 0.2) is 54.7 Å². The third kappa shape index (κ3) is 5.56. The summed E-state index contributed by atoms with van der Waals surface area (Å²) in [4.78, 5) is 19.9. The van der Waals surface area contributed by atoms with Crippen molar-refractivity contribution in [1.82, 2.24) is 19.3 Å². The van der Waals surface area contributed by atoms with E-state index in [1.165, 1.54) is 28.6 Å². The Hall–Kier alpha value is -2.94. The maximum atomic E-state index is 13.4. The Kier molecular flexibility index (Phi) is 7.27. The predicted molar refractivity (Wildman–Crippen MR) is 137 cm³/mol. The molecule has 5 rings (SSSR count). The minimum absolute atomic E-state index is 0.0952. The molecule has 0 unspecified atom stereocenters. The van der Waals surface area contributed by atoms with Crippen LogP contribution in [-0.2, 0) is 23.1 Å². The van der Waals surface area contributed by atoms with E-state index in [-0.39, 0.29) is 24.8 Å². The Balaban J connectivity index is 1.34. The average Bonchev–Trinajstić information content (AvgIpc) is 3.19. The number of carbonyl (C=O) groups excluding carboxylic acids is 1. The van der Waals surface area contributed by atoms with Gasteiger partial charge in [-0.1, -0.05) is 18.2 Å². The molecule has 36 heavy (non-hydrogen) atoms. The standard InChI is InChI=1S/C28H35FN4O3/c1-30-11-13-33(14-12-30)27(34)17-28(21-35-24-9-7-23(29)8-10-24)20-32(15-16-36-28)19-22-18-31(2)26-6-4-3-5-25(22)26/h3-10,18H,11-17,19-21H2,1-2H3/t28-/m0/s1. The van der Waals surface area contributed by atoms with Crippen LogP contribution in [0.1, 0.15) is 12.0 Å². The number of aromatic nitrogens is 1. The van der Waals surface area contributed by atoms with Crippen molar-refractivity contribution in [2.45, 2.75) is 18.6 Å². The summed E-state index contributed by atoms with van der Waals surface area (Å²) in [5, 5.41) is 1.24. The van der Waals surface area contributed by atoms with Crippen molar-refractivity contribution in [3.05, 3.63) is 66.1 Å². The number of nitrogens with zero attached hydrogens (tertiary/aromatic N) is 4. The van der Waals surface area contributed by atoms with E-state index in [1.54, 1.807) is 12.1 Å². The molecule has 3 aromatic rings. The van der Waals surface area contributed by atoms with Crippen LogP contribution in [-0.4, -0.2) is 90.3 Å². The zero-order valence-electron chi connectivity index (χ0n) is 21.2. The molecule has 0 radical (unpaired) electrons. The van der Waals surface area contributed by atoms with Gasteiger partial charge in [-0.3, -0.25) is 9.69 Å². The molecule has 2 aromatic carbocycles. The monoisotopic (exact) mass is 494 g/mol. The van der Waals surface area contributed by atoms with Crippen molar-refractivity contribution < 1.29 is 18.7 Å². The molecular formula is C28H35FN4O3. The fraction of sp³-hybridized carbons (Fsp3) is 0.464. The number of amides is 1. The molecule has 2 saturated heterocycles. The normalized spacial score (nSPS) is 21.7. The van der Waals surface area contributed by atoms with Crippen LogP contribution in [0.25, 0.3) is 10.9 Å². The first-order valence-electron chi connectivity index (χ1n) is 12.6. The van der Waals surface area contributed by atoms with Crippen molar-refractivity contribution in [3.63, 3.8) is 0 Å². The summed E-state index contributed by atoms with van der Waals surface area (Å²) in [7, 11) is 4.15. The summed E-state index contributed by atoms with van der Waals surface area (Å²) in [6.45, 7) is 6.08. The van der Waals surface area contributed by atoms with Crippen molar-refractivity contribution in [2.24, 2.45) is 7.05 Å². The van der Waals surface area contributed by atoms with E-state index in [4.69, 9.17) is 9.47 Å². The van der Waals surface area contributed by atoms with Gasteiger partial charge in [-0.15, -0.1) is 0 Å².